The summed E-state index contributed by atoms with van der Waals surface area (Å²) in [5, 5.41) is 3.30. The lowest BCUT2D eigenvalue weighted by atomic mass is 10.3. The molecule has 0 spiro atoms. The fourth-order valence-electron chi connectivity index (χ4n) is 0.829. The van der Waals surface area contributed by atoms with Crippen molar-refractivity contribution in [2.75, 3.05) is 6.54 Å². The molecule has 0 aromatic heterocycles. The maximum absolute atomic E-state index is 5.64. The molecular weight excluding hydrogens is 197 g/mol. The molecule has 0 bridgehead atoms. The number of hydrogen-bond acceptors (Lipinski definition) is 3. The topological polar surface area (TPSA) is 30.5 Å². The predicted molar refractivity (Wildman–Crippen MR) is 62.3 cm³/mol. The molecule has 0 aromatic rings. The van der Waals surface area contributed by atoms with Crippen molar-refractivity contribution in [1.82, 2.24) is 5.09 Å². The Labute approximate surface area is 89.5 Å². The minimum absolute atomic E-state index is 0.217. The standard InChI is InChI=1S/C10H24NO2P/c1-6-7-8-11-14(12-9(2)3)13-10(4)5/h9-11H,6-8H2,1-5H3. The van der Waals surface area contributed by atoms with Crippen molar-refractivity contribution in [1.29, 1.82) is 0 Å². The lowest BCUT2D eigenvalue weighted by Gasteiger charge is -2.21. The van der Waals surface area contributed by atoms with Crippen LogP contribution in [0.3, 0.4) is 0 Å². The van der Waals surface area contributed by atoms with E-state index in [1.165, 1.54) is 12.8 Å². The molecule has 0 radical (unpaired) electrons. The third-order valence-electron chi connectivity index (χ3n) is 1.38. The van der Waals surface area contributed by atoms with Gasteiger partial charge in [-0.1, -0.05) is 13.3 Å². The number of rotatable bonds is 8. The van der Waals surface area contributed by atoms with E-state index in [4.69, 9.17) is 9.05 Å². The summed E-state index contributed by atoms with van der Waals surface area (Å²) in [6.07, 6.45) is 2.80. The second-order valence-corrected chi connectivity index (χ2v) is 5.08. The van der Waals surface area contributed by atoms with Gasteiger partial charge in [0.15, 0.2) is 0 Å². The van der Waals surface area contributed by atoms with E-state index in [0.29, 0.717) is 0 Å². The Kier molecular flexibility index (Phi) is 8.80. The third-order valence-corrected chi connectivity index (χ3v) is 3.09. The van der Waals surface area contributed by atoms with Crippen molar-refractivity contribution >= 4 is 8.53 Å². The molecule has 14 heavy (non-hydrogen) atoms. The maximum Gasteiger partial charge on any atom is 0.256 e. The highest BCUT2D eigenvalue weighted by Gasteiger charge is 2.13. The van der Waals surface area contributed by atoms with Crippen LogP contribution in [-0.4, -0.2) is 18.8 Å². The molecule has 0 aliphatic heterocycles. The minimum atomic E-state index is -0.901. The minimum Gasteiger partial charge on any atom is -0.319 e. The highest BCUT2D eigenvalue weighted by atomic mass is 31.2. The van der Waals surface area contributed by atoms with Crippen molar-refractivity contribution < 1.29 is 9.05 Å². The van der Waals surface area contributed by atoms with Crippen molar-refractivity contribution in [2.24, 2.45) is 0 Å². The largest absolute Gasteiger partial charge is 0.319 e. The van der Waals surface area contributed by atoms with E-state index in [1.807, 2.05) is 27.7 Å². The molecule has 0 fully saturated rings. The molecule has 0 aromatic carbocycles. The highest BCUT2D eigenvalue weighted by Crippen LogP contribution is 2.36. The van der Waals surface area contributed by atoms with Crippen molar-refractivity contribution in [3.8, 4) is 0 Å². The first kappa shape index (κ1) is 14.3. The van der Waals surface area contributed by atoms with Crippen LogP contribution in [0.2, 0.25) is 0 Å². The van der Waals surface area contributed by atoms with E-state index in [-0.39, 0.29) is 12.2 Å². The van der Waals surface area contributed by atoms with Gasteiger partial charge < -0.3 is 9.05 Å². The quantitative estimate of drug-likeness (QED) is 0.503. The van der Waals surface area contributed by atoms with Gasteiger partial charge in [-0.15, -0.1) is 0 Å². The monoisotopic (exact) mass is 221 g/mol. The van der Waals surface area contributed by atoms with Gasteiger partial charge in [0, 0.05) is 6.54 Å². The fraction of sp³-hybridized carbons (Fsp3) is 1.00. The Bertz CT molecular complexity index is 121. The second-order valence-electron chi connectivity index (χ2n) is 3.83. The van der Waals surface area contributed by atoms with E-state index >= 15 is 0 Å². The fourth-order valence-corrected chi connectivity index (χ4v) is 2.13. The predicted octanol–water partition coefficient (Wildman–Crippen LogP) is 3.45. The van der Waals surface area contributed by atoms with Crippen LogP contribution in [0.15, 0.2) is 0 Å². The summed E-state index contributed by atoms with van der Waals surface area (Å²) in [6.45, 7) is 11.3. The van der Waals surface area contributed by atoms with Crippen LogP contribution < -0.4 is 5.09 Å². The smallest absolute Gasteiger partial charge is 0.256 e. The Morgan fingerprint density at radius 2 is 1.57 bits per heavy atom. The first-order valence-corrected chi connectivity index (χ1v) is 6.61. The van der Waals surface area contributed by atoms with E-state index in [2.05, 4.69) is 12.0 Å². The van der Waals surface area contributed by atoms with Crippen molar-refractivity contribution in [3.05, 3.63) is 0 Å². The first-order chi connectivity index (χ1) is 6.56. The molecule has 4 heteroatoms. The molecule has 0 saturated heterocycles. The molecule has 0 aliphatic rings. The molecule has 0 heterocycles. The Balaban J connectivity index is 3.72. The van der Waals surface area contributed by atoms with Gasteiger partial charge in [-0.25, -0.2) is 0 Å². The summed E-state index contributed by atoms with van der Waals surface area (Å²) >= 11 is 0. The number of nitrogens with one attached hydrogen (secondary N) is 1. The average Bonchev–Trinajstić information content (AvgIpc) is 2.02. The summed E-state index contributed by atoms with van der Waals surface area (Å²) in [5.74, 6) is 0. The van der Waals surface area contributed by atoms with E-state index in [9.17, 15) is 0 Å². The van der Waals surface area contributed by atoms with Gasteiger partial charge >= 0.3 is 0 Å². The van der Waals surface area contributed by atoms with Gasteiger partial charge in [0.25, 0.3) is 8.53 Å². The Morgan fingerprint density at radius 1 is 1.07 bits per heavy atom. The van der Waals surface area contributed by atoms with Crippen LogP contribution in [0.4, 0.5) is 0 Å². The summed E-state index contributed by atoms with van der Waals surface area (Å²) in [5.41, 5.74) is 0. The van der Waals surface area contributed by atoms with Gasteiger partial charge in [0.1, 0.15) is 0 Å². The Morgan fingerprint density at radius 3 is 1.93 bits per heavy atom. The normalized spacial score (nSPS) is 12.0. The van der Waals surface area contributed by atoms with Crippen molar-refractivity contribution in [2.45, 2.75) is 59.7 Å². The van der Waals surface area contributed by atoms with Crippen LogP contribution in [0.5, 0.6) is 0 Å². The van der Waals surface area contributed by atoms with Gasteiger partial charge in [0.2, 0.25) is 0 Å². The molecule has 3 nitrogen and oxygen atoms in total. The molecule has 0 aliphatic carbocycles. The lowest BCUT2D eigenvalue weighted by Crippen LogP contribution is -2.17. The zero-order valence-electron chi connectivity index (χ0n) is 10.0. The Hall–Kier alpha value is 0.310. The highest BCUT2D eigenvalue weighted by molar-refractivity contribution is 7.45. The third kappa shape index (κ3) is 8.89. The zero-order chi connectivity index (χ0) is 11.0. The maximum atomic E-state index is 5.64. The van der Waals surface area contributed by atoms with Gasteiger partial charge in [-0.2, -0.15) is 0 Å². The van der Waals surface area contributed by atoms with Crippen LogP contribution >= 0.6 is 8.53 Å². The summed E-state index contributed by atoms with van der Waals surface area (Å²) in [6, 6.07) is 0. The molecule has 0 atom stereocenters. The summed E-state index contributed by atoms with van der Waals surface area (Å²) in [7, 11) is -0.901. The SMILES string of the molecule is CCCCNP(OC(C)C)OC(C)C. The molecule has 0 saturated carbocycles. The van der Waals surface area contributed by atoms with Crippen LogP contribution in [0.25, 0.3) is 0 Å². The zero-order valence-corrected chi connectivity index (χ0v) is 10.9. The van der Waals surface area contributed by atoms with Crippen LogP contribution in [-0.2, 0) is 9.05 Å². The molecular formula is C10H24NO2P. The van der Waals surface area contributed by atoms with Gasteiger partial charge in [-0.3, -0.25) is 5.09 Å². The average molecular weight is 221 g/mol. The summed E-state index contributed by atoms with van der Waals surface area (Å²) in [4.78, 5) is 0. The van der Waals surface area contributed by atoms with Crippen LogP contribution in [0, 0.1) is 0 Å². The lowest BCUT2D eigenvalue weighted by molar-refractivity contribution is 0.171. The van der Waals surface area contributed by atoms with Crippen molar-refractivity contribution in [3.63, 3.8) is 0 Å². The van der Waals surface area contributed by atoms with E-state index in [1.54, 1.807) is 0 Å². The second kappa shape index (κ2) is 8.60. The van der Waals surface area contributed by atoms with Gasteiger partial charge in [-0.05, 0) is 34.1 Å². The molecule has 1 N–H and O–H groups in total. The first-order valence-electron chi connectivity index (χ1n) is 5.43. The van der Waals surface area contributed by atoms with Crippen LogP contribution in [0.1, 0.15) is 47.5 Å². The van der Waals surface area contributed by atoms with Gasteiger partial charge in [0.05, 0.1) is 12.2 Å². The number of unbranched alkanes of at least 4 members (excludes halogenated alkanes) is 1. The van der Waals surface area contributed by atoms with E-state index < -0.39 is 8.53 Å². The molecule has 0 amide bonds. The molecule has 0 unspecified atom stereocenters. The van der Waals surface area contributed by atoms with E-state index in [0.717, 1.165) is 6.54 Å². The number of hydrogen-bond donors (Lipinski definition) is 1. The molecule has 0 rings (SSSR count). The molecule has 86 valence electrons. The summed E-state index contributed by atoms with van der Waals surface area (Å²) < 4.78 is 11.3.